The number of aromatic amines is 1. The van der Waals surface area contributed by atoms with E-state index in [9.17, 15) is 9.59 Å². The number of urea groups is 1. The molecule has 7 nitrogen and oxygen atoms in total. The summed E-state index contributed by atoms with van der Waals surface area (Å²) in [5.74, 6) is 0.143. The first-order valence-corrected chi connectivity index (χ1v) is 5.72. The van der Waals surface area contributed by atoms with E-state index in [2.05, 4.69) is 20.6 Å². The van der Waals surface area contributed by atoms with Crippen LogP contribution >= 0.6 is 0 Å². The van der Waals surface area contributed by atoms with Gasteiger partial charge in [-0.2, -0.15) is 0 Å². The number of hydrogen-bond acceptors (Lipinski definition) is 4. The van der Waals surface area contributed by atoms with Gasteiger partial charge in [0.1, 0.15) is 0 Å². The van der Waals surface area contributed by atoms with E-state index in [1.165, 1.54) is 0 Å². The zero-order chi connectivity index (χ0) is 13.5. The SMILES string of the molecule is CCNC(=O)Nc1nc(C)c(CCOC)c(=O)[nH]1. The van der Waals surface area contributed by atoms with Gasteiger partial charge in [0.15, 0.2) is 0 Å². The van der Waals surface area contributed by atoms with Crippen molar-refractivity contribution in [2.45, 2.75) is 20.3 Å². The van der Waals surface area contributed by atoms with Crippen molar-refractivity contribution in [3.05, 3.63) is 21.6 Å². The lowest BCUT2D eigenvalue weighted by Crippen LogP contribution is -2.30. The van der Waals surface area contributed by atoms with Crippen molar-refractivity contribution >= 4 is 12.0 Å². The molecule has 1 aromatic rings. The third-order valence-electron chi connectivity index (χ3n) is 2.35. The predicted molar refractivity (Wildman–Crippen MR) is 67.9 cm³/mol. The van der Waals surface area contributed by atoms with Crippen LogP contribution in [0.5, 0.6) is 0 Å². The molecule has 0 saturated carbocycles. The number of nitrogens with one attached hydrogen (secondary N) is 3. The van der Waals surface area contributed by atoms with Crippen LogP contribution in [0.2, 0.25) is 0 Å². The lowest BCUT2D eigenvalue weighted by Gasteiger charge is -2.08. The van der Waals surface area contributed by atoms with E-state index < -0.39 is 6.03 Å². The number of nitrogens with zero attached hydrogens (tertiary/aromatic N) is 1. The molecule has 0 fully saturated rings. The Hall–Kier alpha value is -1.89. The largest absolute Gasteiger partial charge is 0.384 e. The quantitative estimate of drug-likeness (QED) is 0.709. The molecule has 0 bridgehead atoms. The summed E-state index contributed by atoms with van der Waals surface area (Å²) in [7, 11) is 1.57. The third kappa shape index (κ3) is 3.85. The molecular weight excluding hydrogens is 236 g/mol. The van der Waals surface area contributed by atoms with Gasteiger partial charge in [0.2, 0.25) is 5.95 Å². The summed E-state index contributed by atoms with van der Waals surface area (Å²) in [6, 6.07) is -0.398. The van der Waals surface area contributed by atoms with Crippen molar-refractivity contribution in [2.24, 2.45) is 0 Å². The number of aryl methyl sites for hydroxylation is 1. The number of ether oxygens (including phenoxy) is 1. The molecule has 0 radical (unpaired) electrons. The number of rotatable bonds is 5. The van der Waals surface area contributed by atoms with Crippen molar-refractivity contribution in [1.82, 2.24) is 15.3 Å². The average molecular weight is 254 g/mol. The van der Waals surface area contributed by atoms with Crippen LogP contribution in [0.4, 0.5) is 10.7 Å². The fourth-order valence-electron chi connectivity index (χ4n) is 1.48. The van der Waals surface area contributed by atoms with Gasteiger partial charge in [-0.05, 0) is 13.8 Å². The normalized spacial score (nSPS) is 10.2. The van der Waals surface area contributed by atoms with Gasteiger partial charge in [0.05, 0.1) is 12.3 Å². The number of carbonyl (C=O) groups is 1. The third-order valence-corrected chi connectivity index (χ3v) is 2.35. The topological polar surface area (TPSA) is 96.1 Å². The van der Waals surface area contributed by atoms with Gasteiger partial charge in [-0.1, -0.05) is 0 Å². The Balaban J connectivity index is 2.85. The van der Waals surface area contributed by atoms with Gasteiger partial charge < -0.3 is 10.1 Å². The maximum Gasteiger partial charge on any atom is 0.321 e. The van der Waals surface area contributed by atoms with E-state index in [1.54, 1.807) is 21.0 Å². The number of methoxy groups -OCH3 is 1. The van der Waals surface area contributed by atoms with Crippen LogP contribution < -0.4 is 16.2 Å². The molecule has 0 spiro atoms. The standard InChI is InChI=1S/C11H18N4O3/c1-4-12-11(17)15-10-13-7(2)8(5-6-18-3)9(16)14-10/h4-6H2,1-3H3,(H3,12,13,14,15,16,17). The molecule has 1 rings (SSSR count). The van der Waals surface area contributed by atoms with Crippen LogP contribution in [-0.4, -0.2) is 36.3 Å². The van der Waals surface area contributed by atoms with E-state index in [0.717, 1.165) is 0 Å². The number of aromatic nitrogens is 2. The lowest BCUT2D eigenvalue weighted by molar-refractivity contribution is 0.202. The summed E-state index contributed by atoms with van der Waals surface area (Å²) in [6.07, 6.45) is 0.492. The molecule has 0 aliphatic heterocycles. The smallest absolute Gasteiger partial charge is 0.321 e. The Morgan fingerprint density at radius 2 is 2.22 bits per heavy atom. The number of carbonyl (C=O) groups excluding carboxylic acids is 1. The molecule has 2 amide bonds. The van der Waals surface area contributed by atoms with Gasteiger partial charge in [-0.3, -0.25) is 15.1 Å². The molecule has 100 valence electrons. The van der Waals surface area contributed by atoms with E-state index in [4.69, 9.17) is 4.74 Å². The van der Waals surface area contributed by atoms with Crippen molar-refractivity contribution in [2.75, 3.05) is 25.6 Å². The highest BCUT2D eigenvalue weighted by molar-refractivity contribution is 5.87. The van der Waals surface area contributed by atoms with E-state index >= 15 is 0 Å². The number of H-pyrrole nitrogens is 1. The first-order valence-electron chi connectivity index (χ1n) is 5.72. The minimum atomic E-state index is -0.398. The molecule has 3 N–H and O–H groups in total. The zero-order valence-electron chi connectivity index (χ0n) is 10.8. The molecule has 0 aliphatic rings. The first-order chi connectivity index (χ1) is 8.58. The Bertz CT molecular complexity index is 470. The number of amides is 2. The summed E-state index contributed by atoms with van der Waals surface area (Å²) < 4.78 is 4.92. The summed E-state index contributed by atoms with van der Waals surface area (Å²) in [5.41, 5.74) is 0.896. The minimum absolute atomic E-state index is 0.143. The Morgan fingerprint density at radius 3 is 2.78 bits per heavy atom. The molecular formula is C11H18N4O3. The van der Waals surface area contributed by atoms with Gasteiger partial charge in [-0.15, -0.1) is 0 Å². The van der Waals surface area contributed by atoms with Crippen LogP contribution in [0.1, 0.15) is 18.2 Å². The monoisotopic (exact) mass is 254 g/mol. The molecule has 1 heterocycles. The van der Waals surface area contributed by atoms with E-state index in [1.807, 2.05) is 0 Å². The Kier molecular flexibility index (Phi) is 5.31. The Morgan fingerprint density at radius 1 is 1.50 bits per heavy atom. The number of anilines is 1. The highest BCUT2D eigenvalue weighted by Gasteiger charge is 2.09. The van der Waals surface area contributed by atoms with Gasteiger partial charge in [-0.25, -0.2) is 9.78 Å². The van der Waals surface area contributed by atoms with Crippen molar-refractivity contribution in [1.29, 1.82) is 0 Å². The molecule has 0 saturated heterocycles. The van der Waals surface area contributed by atoms with Crippen molar-refractivity contribution in [3.8, 4) is 0 Å². The molecule has 18 heavy (non-hydrogen) atoms. The summed E-state index contributed by atoms with van der Waals surface area (Å²) >= 11 is 0. The van der Waals surface area contributed by atoms with Crippen LogP contribution in [0.3, 0.4) is 0 Å². The van der Waals surface area contributed by atoms with Gasteiger partial charge in [0.25, 0.3) is 5.56 Å². The van der Waals surface area contributed by atoms with E-state index in [-0.39, 0.29) is 11.5 Å². The van der Waals surface area contributed by atoms with Crippen LogP contribution in [0, 0.1) is 6.92 Å². The summed E-state index contributed by atoms with van der Waals surface area (Å²) in [6.45, 7) is 4.48. The summed E-state index contributed by atoms with van der Waals surface area (Å²) in [5, 5.41) is 5.01. The predicted octanol–water partition coefficient (Wildman–Crippen LogP) is 0.409. The molecule has 7 heteroatoms. The molecule has 0 aliphatic carbocycles. The number of hydrogen-bond donors (Lipinski definition) is 3. The molecule has 0 unspecified atom stereocenters. The van der Waals surface area contributed by atoms with Crippen molar-refractivity contribution < 1.29 is 9.53 Å². The van der Waals surface area contributed by atoms with E-state index in [0.29, 0.717) is 30.8 Å². The van der Waals surface area contributed by atoms with Gasteiger partial charge in [0, 0.05) is 25.6 Å². The summed E-state index contributed by atoms with van der Waals surface area (Å²) in [4.78, 5) is 29.7. The molecule has 0 atom stereocenters. The van der Waals surface area contributed by atoms with Crippen LogP contribution in [0.15, 0.2) is 4.79 Å². The second kappa shape index (κ2) is 6.75. The first kappa shape index (κ1) is 14.2. The Labute approximate surface area is 105 Å². The second-order valence-corrected chi connectivity index (χ2v) is 3.71. The molecule has 1 aromatic heterocycles. The highest BCUT2D eigenvalue weighted by atomic mass is 16.5. The fraction of sp³-hybridized carbons (Fsp3) is 0.545. The maximum atomic E-state index is 11.8. The van der Waals surface area contributed by atoms with Crippen LogP contribution in [0.25, 0.3) is 0 Å². The minimum Gasteiger partial charge on any atom is -0.384 e. The molecule has 0 aromatic carbocycles. The average Bonchev–Trinajstić information content (AvgIpc) is 2.28. The van der Waals surface area contributed by atoms with Crippen molar-refractivity contribution in [3.63, 3.8) is 0 Å². The van der Waals surface area contributed by atoms with Gasteiger partial charge >= 0.3 is 6.03 Å². The lowest BCUT2D eigenvalue weighted by atomic mass is 10.2. The maximum absolute atomic E-state index is 11.8. The highest BCUT2D eigenvalue weighted by Crippen LogP contribution is 2.03. The second-order valence-electron chi connectivity index (χ2n) is 3.71. The zero-order valence-corrected chi connectivity index (χ0v) is 10.8. The fourth-order valence-corrected chi connectivity index (χ4v) is 1.48. The van der Waals surface area contributed by atoms with Crippen LogP contribution in [-0.2, 0) is 11.2 Å².